The van der Waals surface area contributed by atoms with Gasteiger partial charge in [0.05, 0.1) is 0 Å². The van der Waals surface area contributed by atoms with Gasteiger partial charge in [0.15, 0.2) is 0 Å². The SMILES string of the molecule is Clc1ccc(Cl)c(CNCCc2ccccn2)c1. The maximum Gasteiger partial charge on any atom is 0.0451 e. The van der Waals surface area contributed by atoms with E-state index in [9.17, 15) is 0 Å². The Morgan fingerprint density at radius 3 is 2.78 bits per heavy atom. The molecule has 0 saturated heterocycles. The Morgan fingerprint density at radius 1 is 1.11 bits per heavy atom. The van der Waals surface area contributed by atoms with Gasteiger partial charge in [-0.2, -0.15) is 0 Å². The van der Waals surface area contributed by atoms with E-state index in [-0.39, 0.29) is 0 Å². The van der Waals surface area contributed by atoms with E-state index in [0.717, 1.165) is 29.2 Å². The first-order valence-corrected chi connectivity index (χ1v) is 6.56. The molecule has 94 valence electrons. The van der Waals surface area contributed by atoms with Gasteiger partial charge in [0.2, 0.25) is 0 Å². The van der Waals surface area contributed by atoms with Crippen LogP contribution in [0.15, 0.2) is 42.6 Å². The first-order chi connectivity index (χ1) is 8.75. The summed E-state index contributed by atoms with van der Waals surface area (Å²) < 4.78 is 0. The molecule has 0 atom stereocenters. The second kappa shape index (κ2) is 6.74. The van der Waals surface area contributed by atoms with Crippen LogP contribution >= 0.6 is 23.2 Å². The number of hydrogen-bond acceptors (Lipinski definition) is 2. The van der Waals surface area contributed by atoms with Gasteiger partial charge in [0.25, 0.3) is 0 Å². The molecule has 1 heterocycles. The highest BCUT2D eigenvalue weighted by atomic mass is 35.5. The van der Waals surface area contributed by atoms with E-state index in [4.69, 9.17) is 23.2 Å². The number of nitrogens with one attached hydrogen (secondary N) is 1. The van der Waals surface area contributed by atoms with E-state index < -0.39 is 0 Å². The average Bonchev–Trinajstić information content (AvgIpc) is 2.40. The quantitative estimate of drug-likeness (QED) is 0.845. The minimum absolute atomic E-state index is 0.709. The summed E-state index contributed by atoms with van der Waals surface area (Å²) in [6, 6.07) is 11.4. The second-order valence-corrected chi connectivity index (χ2v) is 4.83. The van der Waals surface area contributed by atoms with Crippen LogP contribution in [-0.4, -0.2) is 11.5 Å². The van der Waals surface area contributed by atoms with Crippen molar-refractivity contribution in [1.82, 2.24) is 10.3 Å². The summed E-state index contributed by atoms with van der Waals surface area (Å²) in [7, 11) is 0. The normalized spacial score (nSPS) is 10.6. The smallest absolute Gasteiger partial charge is 0.0451 e. The fraction of sp³-hybridized carbons (Fsp3) is 0.214. The number of nitrogens with zero attached hydrogens (tertiary/aromatic N) is 1. The minimum atomic E-state index is 0.709. The van der Waals surface area contributed by atoms with Crippen LogP contribution in [0.4, 0.5) is 0 Å². The summed E-state index contributed by atoms with van der Waals surface area (Å²) in [5.41, 5.74) is 2.10. The van der Waals surface area contributed by atoms with Crippen LogP contribution in [0.25, 0.3) is 0 Å². The van der Waals surface area contributed by atoms with Gasteiger partial charge in [0, 0.05) is 41.4 Å². The Labute approximate surface area is 117 Å². The molecule has 0 aliphatic carbocycles. The lowest BCUT2D eigenvalue weighted by Gasteiger charge is -2.07. The number of rotatable bonds is 5. The number of pyridine rings is 1. The summed E-state index contributed by atoms with van der Waals surface area (Å²) in [5.74, 6) is 0. The van der Waals surface area contributed by atoms with Crippen molar-refractivity contribution in [1.29, 1.82) is 0 Å². The van der Waals surface area contributed by atoms with Gasteiger partial charge in [-0.15, -0.1) is 0 Å². The zero-order chi connectivity index (χ0) is 12.8. The molecule has 0 spiro atoms. The lowest BCUT2D eigenvalue weighted by atomic mass is 10.2. The zero-order valence-corrected chi connectivity index (χ0v) is 11.4. The van der Waals surface area contributed by atoms with Crippen molar-refractivity contribution in [3.05, 3.63) is 63.9 Å². The molecule has 2 aromatic rings. The average molecular weight is 281 g/mol. The maximum atomic E-state index is 6.08. The number of aromatic nitrogens is 1. The van der Waals surface area contributed by atoms with Gasteiger partial charge in [-0.25, -0.2) is 0 Å². The first-order valence-electron chi connectivity index (χ1n) is 5.80. The van der Waals surface area contributed by atoms with E-state index in [1.165, 1.54) is 0 Å². The third-order valence-corrected chi connectivity index (χ3v) is 3.21. The summed E-state index contributed by atoms with van der Waals surface area (Å²) in [4.78, 5) is 4.27. The summed E-state index contributed by atoms with van der Waals surface area (Å²) in [6.45, 7) is 1.58. The number of hydrogen-bond donors (Lipinski definition) is 1. The van der Waals surface area contributed by atoms with Crippen LogP contribution in [0.1, 0.15) is 11.3 Å². The lowest BCUT2D eigenvalue weighted by Crippen LogP contribution is -2.17. The highest BCUT2D eigenvalue weighted by Gasteiger charge is 2.01. The van der Waals surface area contributed by atoms with Gasteiger partial charge in [-0.05, 0) is 35.9 Å². The monoisotopic (exact) mass is 280 g/mol. The molecule has 0 aliphatic rings. The van der Waals surface area contributed by atoms with Gasteiger partial charge in [0.1, 0.15) is 0 Å². The van der Waals surface area contributed by atoms with Crippen molar-refractivity contribution in [2.45, 2.75) is 13.0 Å². The molecule has 0 saturated carbocycles. The van der Waals surface area contributed by atoms with Crippen molar-refractivity contribution in [2.75, 3.05) is 6.54 Å². The highest BCUT2D eigenvalue weighted by Crippen LogP contribution is 2.20. The van der Waals surface area contributed by atoms with Crippen molar-refractivity contribution < 1.29 is 0 Å². The Bertz CT molecular complexity index is 500. The van der Waals surface area contributed by atoms with Gasteiger partial charge in [-0.1, -0.05) is 29.3 Å². The van der Waals surface area contributed by atoms with Gasteiger partial charge < -0.3 is 5.32 Å². The van der Waals surface area contributed by atoms with E-state index in [1.54, 1.807) is 6.07 Å². The summed E-state index contributed by atoms with van der Waals surface area (Å²) in [6.07, 6.45) is 2.71. The molecule has 1 N–H and O–H groups in total. The Morgan fingerprint density at radius 2 is 2.00 bits per heavy atom. The predicted octanol–water partition coefficient (Wildman–Crippen LogP) is 3.72. The standard InChI is InChI=1S/C14H14Cl2N2/c15-12-4-5-14(16)11(9-12)10-17-8-6-13-3-1-2-7-18-13/h1-5,7,9,17H,6,8,10H2. The maximum absolute atomic E-state index is 6.08. The van der Waals surface area contributed by atoms with E-state index in [0.29, 0.717) is 11.6 Å². The van der Waals surface area contributed by atoms with Crippen LogP contribution in [0.2, 0.25) is 10.0 Å². The fourth-order valence-electron chi connectivity index (χ4n) is 1.66. The number of benzene rings is 1. The minimum Gasteiger partial charge on any atom is -0.312 e. The van der Waals surface area contributed by atoms with Crippen molar-refractivity contribution in [3.63, 3.8) is 0 Å². The highest BCUT2D eigenvalue weighted by molar-refractivity contribution is 6.33. The Balaban J connectivity index is 1.80. The van der Waals surface area contributed by atoms with Crippen molar-refractivity contribution in [3.8, 4) is 0 Å². The molecule has 1 aromatic carbocycles. The van der Waals surface area contributed by atoms with Crippen molar-refractivity contribution >= 4 is 23.2 Å². The van der Waals surface area contributed by atoms with Gasteiger partial charge in [-0.3, -0.25) is 4.98 Å². The van der Waals surface area contributed by atoms with E-state index in [1.807, 2.05) is 36.5 Å². The largest absolute Gasteiger partial charge is 0.312 e. The van der Waals surface area contributed by atoms with Crippen LogP contribution in [-0.2, 0) is 13.0 Å². The molecule has 0 radical (unpaired) electrons. The van der Waals surface area contributed by atoms with Crippen molar-refractivity contribution in [2.24, 2.45) is 0 Å². The third kappa shape index (κ3) is 3.98. The van der Waals surface area contributed by atoms with Crippen LogP contribution in [0, 0.1) is 0 Å². The molecule has 0 amide bonds. The first kappa shape index (κ1) is 13.3. The fourth-order valence-corrected chi connectivity index (χ4v) is 2.04. The van der Waals surface area contributed by atoms with E-state index in [2.05, 4.69) is 10.3 Å². The van der Waals surface area contributed by atoms with E-state index >= 15 is 0 Å². The molecule has 0 aliphatic heterocycles. The molecule has 4 heteroatoms. The molecule has 0 fully saturated rings. The summed E-state index contributed by atoms with van der Waals surface area (Å²) >= 11 is 12.0. The molecule has 0 bridgehead atoms. The lowest BCUT2D eigenvalue weighted by molar-refractivity contribution is 0.680. The Hall–Kier alpha value is -1.09. The molecular formula is C14H14Cl2N2. The van der Waals surface area contributed by atoms with Crippen LogP contribution in [0.3, 0.4) is 0 Å². The predicted molar refractivity (Wildman–Crippen MR) is 76.1 cm³/mol. The summed E-state index contributed by atoms with van der Waals surface area (Å²) in [5, 5.41) is 4.78. The Kier molecular flexibility index (Phi) is 5.00. The molecule has 18 heavy (non-hydrogen) atoms. The molecule has 2 nitrogen and oxygen atoms in total. The molecular weight excluding hydrogens is 267 g/mol. The number of halogens is 2. The van der Waals surface area contributed by atoms with Crippen LogP contribution < -0.4 is 5.32 Å². The second-order valence-electron chi connectivity index (χ2n) is 3.98. The topological polar surface area (TPSA) is 24.9 Å². The zero-order valence-electron chi connectivity index (χ0n) is 9.87. The molecule has 2 rings (SSSR count). The van der Waals surface area contributed by atoms with Gasteiger partial charge >= 0.3 is 0 Å². The van der Waals surface area contributed by atoms with Crippen LogP contribution in [0.5, 0.6) is 0 Å². The third-order valence-electron chi connectivity index (χ3n) is 2.61. The molecule has 0 unspecified atom stereocenters. The molecule has 1 aromatic heterocycles.